The summed E-state index contributed by atoms with van der Waals surface area (Å²) in [5.74, 6) is -5.67. The molecule has 38 heavy (non-hydrogen) atoms. The number of nitrogens with zero attached hydrogens (tertiary/aromatic N) is 3. The van der Waals surface area contributed by atoms with E-state index < -0.39 is 40.8 Å². The summed E-state index contributed by atoms with van der Waals surface area (Å²) in [6, 6.07) is 5.47. The number of carbonyl (C=O) groups excluding carboxylic acids is 2. The van der Waals surface area contributed by atoms with E-state index in [2.05, 4.69) is 32.9 Å². The fraction of sp³-hybridized carbons (Fsp3) is 0.286. The van der Waals surface area contributed by atoms with Crippen LogP contribution in [0.25, 0.3) is 0 Å². The van der Waals surface area contributed by atoms with Gasteiger partial charge < -0.3 is 30.7 Å². The van der Waals surface area contributed by atoms with Gasteiger partial charge in [-0.3, -0.25) is 24.4 Å². The number of rotatable bonds is 10. The second kappa shape index (κ2) is 11.0. The van der Waals surface area contributed by atoms with Gasteiger partial charge in [-0.05, 0) is 35.5 Å². The number of hydrogen-bond acceptors (Lipinski definition) is 11. The minimum Gasteiger partial charge on any atom is -0.480 e. The molecule has 6 N–H and O–H groups in total. The molecule has 2 amide bonds. The first kappa shape index (κ1) is 27.4. The molecular weight excluding hydrogens is 560 g/mol. The first-order valence-electron chi connectivity index (χ1n) is 10.7. The van der Waals surface area contributed by atoms with E-state index in [-0.39, 0.29) is 33.7 Å². The molecule has 0 spiro atoms. The van der Waals surface area contributed by atoms with Gasteiger partial charge in [-0.2, -0.15) is 0 Å². The third-order valence-electron chi connectivity index (χ3n) is 5.67. The molecule has 14 nitrogen and oxygen atoms in total. The monoisotopic (exact) mass is 580 g/mol. The number of amides is 2. The summed E-state index contributed by atoms with van der Waals surface area (Å²) in [6.07, 6.45) is 1.55. The number of H-pyrrole nitrogens is 1. The van der Waals surface area contributed by atoms with Crippen molar-refractivity contribution in [3.8, 4) is 5.75 Å². The van der Waals surface area contributed by atoms with Crippen molar-refractivity contribution in [1.29, 1.82) is 0 Å². The van der Waals surface area contributed by atoms with Crippen molar-refractivity contribution in [3.63, 3.8) is 0 Å². The van der Waals surface area contributed by atoms with Crippen LogP contribution < -0.4 is 15.8 Å². The van der Waals surface area contributed by atoms with E-state index >= 15 is 0 Å². The van der Waals surface area contributed by atoms with Crippen LogP contribution in [0, 0.1) is 0 Å². The summed E-state index contributed by atoms with van der Waals surface area (Å²) >= 11 is 7.08. The molecule has 1 saturated heterocycles. The van der Waals surface area contributed by atoms with Gasteiger partial charge in [0.1, 0.15) is 21.8 Å². The molecule has 2 aliphatic rings. The maximum Gasteiger partial charge on any atom is 0.352 e. The highest BCUT2D eigenvalue weighted by atomic mass is 32.2. The zero-order chi connectivity index (χ0) is 27.6. The van der Waals surface area contributed by atoms with Crippen LogP contribution in [0.2, 0.25) is 0 Å². The Kier molecular flexibility index (Phi) is 7.91. The Balaban J connectivity index is 1.56. The largest absolute Gasteiger partial charge is 0.480 e. The van der Waals surface area contributed by atoms with Crippen LogP contribution in [0.15, 0.2) is 46.8 Å². The second-order valence-electron chi connectivity index (χ2n) is 7.89. The Hall–Kier alpha value is -3.67. The van der Waals surface area contributed by atoms with Crippen LogP contribution in [0.3, 0.4) is 0 Å². The number of nitrogens with one attached hydrogen (secondary N) is 2. The molecule has 0 saturated carbocycles. The number of aromatic amines is 1. The number of ether oxygens (including phenoxy) is 2. The van der Waals surface area contributed by atoms with E-state index in [1.54, 1.807) is 6.20 Å². The number of β-lactam (4-membered cyclic amide) rings is 1. The van der Waals surface area contributed by atoms with Gasteiger partial charge in [-0.25, -0.2) is 4.79 Å². The Morgan fingerprint density at radius 1 is 1.37 bits per heavy atom. The van der Waals surface area contributed by atoms with E-state index in [0.717, 1.165) is 4.90 Å². The quantitative estimate of drug-likeness (QED) is 0.0830. The number of carboxylic acids is 2. The zero-order valence-electron chi connectivity index (χ0n) is 19.4. The summed E-state index contributed by atoms with van der Waals surface area (Å²) in [5.41, 5.74) is 3.70. The van der Waals surface area contributed by atoms with Crippen molar-refractivity contribution in [2.45, 2.75) is 22.0 Å². The number of aliphatic carboxylic acids is 2. The maximum atomic E-state index is 13.3. The lowest BCUT2D eigenvalue weighted by Gasteiger charge is -2.56. The molecule has 1 aromatic heterocycles. The van der Waals surface area contributed by atoms with Gasteiger partial charge in [0.2, 0.25) is 5.91 Å². The van der Waals surface area contributed by atoms with E-state index in [1.807, 2.05) is 0 Å². The maximum absolute atomic E-state index is 13.3. The van der Waals surface area contributed by atoms with E-state index in [0.29, 0.717) is 10.6 Å². The lowest BCUT2D eigenvalue weighted by molar-refractivity contribution is -0.193. The van der Waals surface area contributed by atoms with Gasteiger partial charge in [0, 0.05) is 18.6 Å². The normalized spacial score (nSPS) is 21.2. The van der Waals surface area contributed by atoms with E-state index in [1.165, 1.54) is 54.9 Å². The van der Waals surface area contributed by atoms with Gasteiger partial charge in [-0.15, -0.1) is 16.9 Å². The third-order valence-corrected chi connectivity index (χ3v) is 8.12. The fourth-order valence-electron chi connectivity index (χ4n) is 3.98. The Labute approximate surface area is 228 Å². The van der Waals surface area contributed by atoms with Crippen LogP contribution in [0.1, 0.15) is 11.5 Å². The van der Waals surface area contributed by atoms with Gasteiger partial charge >= 0.3 is 11.9 Å². The first-order chi connectivity index (χ1) is 18.1. The topological polar surface area (TPSA) is 210 Å². The minimum atomic E-state index is -1.96. The van der Waals surface area contributed by atoms with Crippen molar-refractivity contribution < 1.29 is 38.9 Å². The predicted octanol–water partition coefficient (Wildman–Crippen LogP) is 0.100. The molecule has 0 radical (unpaired) electrons. The smallest absolute Gasteiger partial charge is 0.352 e. The number of carboxylic acid groups (broad SMARTS) is 2. The molecule has 0 bridgehead atoms. The number of benzene rings is 1. The molecular formula is C21H20N6O8S3. The van der Waals surface area contributed by atoms with Crippen LogP contribution in [-0.2, 0) is 23.9 Å². The zero-order valence-corrected chi connectivity index (χ0v) is 21.9. The summed E-state index contributed by atoms with van der Waals surface area (Å²) in [5, 5.41) is 31.5. The Morgan fingerprint density at radius 3 is 2.63 bits per heavy atom. The van der Waals surface area contributed by atoms with Crippen molar-refractivity contribution in [3.05, 3.63) is 47.3 Å². The molecule has 4 rings (SSSR count). The first-order valence-corrected chi connectivity index (χ1v) is 13.1. The van der Waals surface area contributed by atoms with Crippen LogP contribution in [0.5, 0.6) is 5.75 Å². The summed E-state index contributed by atoms with van der Waals surface area (Å²) in [7, 11) is 1.17. The number of fused-ring (bicyclic) bond motifs is 1. The van der Waals surface area contributed by atoms with Crippen molar-refractivity contribution in [1.82, 2.24) is 25.6 Å². The molecule has 17 heteroatoms. The lowest BCUT2D eigenvalue weighted by Crippen LogP contribution is -2.81. The highest BCUT2D eigenvalue weighted by molar-refractivity contribution is 8.01. The summed E-state index contributed by atoms with van der Waals surface area (Å²) in [6.45, 7) is 0. The van der Waals surface area contributed by atoms with Gasteiger partial charge in [0.15, 0.2) is 5.92 Å². The van der Waals surface area contributed by atoms with Gasteiger partial charge in [-0.1, -0.05) is 29.1 Å². The predicted molar refractivity (Wildman–Crippen MR) is 137 cm³/mol. The molecule has 2 aliphatic heterocycles. The average Bonchev–Trinajstić information content (AvgIpc) is 3.39. The highest BCUT2D eigenvalue weighted by Gasteiger charge is 2.67. The van der Waals surface area contributed by atoms with Crippen LogP contribution in [-0.4, -0.2) is 89.2 Å². The molecule has 3 atom stereocenters. The molecule has 3 heterocycles. The molecule has 1 unspecified atom stereocenters. The number of thiocarbonyl (C=S) groups is 1. The SMILES string of the molecule is CO[C@@]1(NC(=O)C(C(=O)O)c2ccc(OC(N)=S)cc2)C(=O)N2C(C(=O)O)=C(CSc3c[nH]nn3)CS[C@H]21. The number of aromatic nitrogens is 3. The fourth-order valence-corrected chi connectivity index (χ4v) is 6.44. The second-order valence-corrected chi connectivity index (χ2v) is 10.4. The minimum absolute atomic E-state index is 0.0924. The standard InChI is InChI=1S/C21H20N6O8S3/c1-34-21(24-15(28)13(16(29)30)9-2-4-11(5-3-9)35-20(22)36)18(33)27-14(17(31)32)10(8-38-19(21)27)7-37-12-6-23-26-25-12/h2-6,13,19H,7-8H2,1H3,(H2,22,36)(H,24,28)(H,29,30)(H,31,32)(H,23,25,26)/t13?,19-,21-/m0/s1. The lowest BCUT2D eigenvalue weighted by atomic mass is 9.94. The molecule has 200 valence electrons. The number of carbonyl (C=O) groups is 4. The third kappa shape index (κ3) is 5.04. The summed E-state index contributed by atoms with van der Waals surface area (Å²) < 4.78 is 10.5. The van der Waals surface area contributed by atoms with Gasteiger partial charge in [0.05, 0.1) is 6.20 Å². The van der Waals surface area contributed by atoms with Crippen molar-refractivity contribution in [2.75, 3.05) is 18.6 Å². The highest BCUT2D eigenvalue weighted by Crippen LogP contribution is 2.47. The Bertz CT molecular complexity index is 1320. The van der Waals surface area contributed by atoms with Crippen molar-refractivity contribution >= 4 is 64.7 Å². The Morgan fingerprint density at radius 2 is 2.08 bits per heavy atom. The van der Waals surface area contributed by atoms with Crippen LogP contribution in [0.4, 0.5) is 0 Å². The number of methoxy groups -OCH3 is 1. The average molecular weight is 581 g/mol. The molecule has 2 aromatic rings. The summed E-state index contributed by atoms with van der Waals surface area (Å²) in [4.78, 5) is 51.7. The number of nitrogens with two attached hydrogens (primary N) is 1. The van der Waals surface area contributed by atoms with Crippen molar-refractivity contribution in [2.24, 2.45) is 5.73 Å². The van der Waals surface area contributed by atoms with Crippen LogP contribution >= 0.6 is 35.7 Å². The molecule has 1 fully saturated rings. The number of hydrogen-bond donors (Lipinski definition) is 5. The molecule has 1 aromatic carbocycles. The van der Waals surface area contributed by atoms with E-state index in [9.17, 15) is 29.4 Å². The molecule has 0 aliphatic carbocycles. The number of thioether (sulfide) groups is 2. The van der Waals surface area contributed by atoms with Gasteiger partial charge in [0.25, 0.3) is 16.8 Å². The van der Waals surface area contributed by atoms with E-state index in [4.69, 9.17) is 15.2 Å².